The van der Waals surface area contributed by atoms with Crippen molar-refractivity contribution in [2.24, 2.45) is 0 Å². The number of hydrogen-bond donors (Lipinski definition) is 1. The van der Waals surface area contributed by atoms with Gasteiger partial charge in [-0.05, 0) is 15.8 Å². The van der Waals surface area contributed by atoms with Crippen LogP contribution >= 0.6 is 7.92 Å². The zero-order chi connectivity index (χ0) is 12.2. The molecule has 0 unspecified atom stereocenters. The normalized spacial score (nSPS) is 10.7. The summed E-state index contributed by atoms with van der Waals surface area (Å²) in [7, 11) is -0.725. The highest BCUT2D eigenvalue weighted by molar-refractivity contribution is 7.79. The standard InChI is InChI=1S/C13H11N4P/c1-3-7-11(8-4-1)18(13-14-16-17-15-13)12-9-5-2-6-10-12/h1-10H,(H,14,15,16,17). The Labute approximate surface area is 106 Å². The molecule has 0 bridgehead atoms. The molecule has 1 N–H and O–H groups in total. The lowest BCUT2D eigenvalue weighted by Gasteiger charge is -2.13. The Kier molecular flexibility index (Phi) is 3.11. The monoisotopic (exact) mass is 254 g/mol. The summed E-state index contributed by atoms with van der Waals surface area (Å²) in [6.45, 7) is 0. The number of hydrogen-bond acceptors (Lipinski definition) is 3. The van der Waals surface area contributed by atoms with Gasteiger partial charge in [0.2, 0.25) is 5.57 Å². The topological polar surface area (TPSA) is 54.5 Å². The molecule has 88 valence electrons. The molecule has 0 atom stereocenters. The van der Waals surface area contributed by atoms with Crippen molar-refractivity contribution in [3.05, 3.63) is 60.7 Å². The van der Waals surface area contributed by atoms with Crippen molar-refractivity contribution in [1.82, 2.24) is 20.6 Å². The summed E-state index contributed by atoms with van der Waals surface area (Å²) in [5.41, 5.74) is 0.752. The Morgan fingerprint density at radius 3 is 1.78 bits per heavy atom. The number of aromatic amines is 1. The molecular formula is C13H11N4P. The van der Waals surface area contributed by atoms with Gasteiger partial charge in [0, 0.05) is 7.92 Å². The fourth-order valence-corrected chi connectivity index (χ4v) is 3.76. The summed E-state index contributed by atoms with van der Waals surface area (Å²) < 4.78 is 0. The lowest BCUT2D eigenvalue weighted by atomic mass is 10.4. The minimum absolute atomic E-state index is 0.725. The predicted molar refractivity (Wildman–Crippen MR) is 72.9 cm³/mol. The van der Waals surface area contributed by atoms with Gasteiger partial charge in [-0.3, -0.25) is 0 Å². The summed E-state index contributed by atoms with van der Waals surface area (Å²) >= 11 is 0. The second kappa shape index (κ2) is 5.07. The Morgan fingerprint density at radius 1 is 0.778 bits per heavy atom. The van der Waals surface area contributed by atoms with Crippen LogP contribution in [0, 0.1) is 0 Å². The third-order valence-electron chi connectivity index (χ3n) is 2.56. The maximum Gasteiger partial charge on any atom is 0.204 e. The number of benzene rings is 2. The Bertz CT molecular complexity index is 556. The van der Waals surface area contributed by atoms with Gasteiger partial charge in [0.15, 0.2) is 0 Å². The fourth-order valence-electron chi connectivity index (χ4n) is 1.79. The zero-order valence-corrected chi connectivity index (χ0v) is 10.5. The molecule has 0 aliphatic carbocycles. The molecule has 1 heterocycles. The van der Waals surface area contributed by atoms with E-state index in [0.717, 1.165) is 5.57 Å². The first-order valence-corrected chi connectivity index (χ1v) is 6.93. The summed E-state index contributed by atoms with van der Waals surface area (Å²) in [6.07, 6.45) is 0. The first kappa shape index (κ1) is 11.1. The maximum atomic E-state index is 4.15. The molecule has 0 amide bonds. The van der Waals surface area contributed by atoms with E-state index in [-0.39, 0.29) is 0 Å². The summed E-state index contributed by atoms with van der Waals surface area (Å²) in [6, 6.07) is 20.6. The SMILES string of the molecule is c1ccc(P(c2ccccc2)c2nn[nH]n2)cc1. The number of rotatable bonds is 3. The molecule has 0 saturated carbocycles. The van der Waals surface area contributed by atoms with Crippen LogP contribution in [0.1, 0.15) is 0 Å². The summed E-state index contributed by atoms with van der Waals surface area (Å²) in [5.74, 6) is 0. The molecular weight excluding hydrogens is 243 g/mol. The second-order valence-corrected chi connectivity index (χ2v) is 5.82. The van der Waals surface area contributed by atoms with Crippen LogP contribution in [0.2, 0.25) is 0 Å². The van der Waals surface area contributed by atoms with Gasteiger partial charge in [-0.25, -0.2) is 0 Å². The van der Waals surface area contributed by atoms with Crippen LogP contribution in [0.5, 0.6) is 0 Å². The number of H-pyrrole nitrogens is 1. The van der Waals surface area contributed by atoms with Crippen LogP contribution in [-0.4, -0.2) is 20.6 Å². The van der Waals surface area contributed by atoms with E-state index in [2.05, 4.69) is 44.9 Å². The van der Waals surface area contributed by atoms with E-state index in [9.17, 15) is 0 Å². The third-order valence-corrected chi connectivity index (χ3v) is 4.78. The predicted octanol–water partition coefficient (Wildman–Crippen LogP) is 0.958. The first-order valence-electron chi connectivity index (χ1n) is 5.59. The quantitative estimate of drug-likeness (QED) is 0.708. The van der Waals surface area contributed by atoms with Gasteiger partial charge in [0.05, 0.1) is 0 Å². The molecule has 3 rings (SSSR count). The van der Waals surface area contributed by atoms with Crippen molar-refractivity contribution in [3.63, 3.8) is 0 Å². The van der Waals surface area contributed by atoms with E-state index in [4.69, 9.17) is 0 Å². The summed E-state index contributed by atoms with van der Waals surface area (Å²) in [5, 5.41) is 17.0. The fraction of sp³-hybridized carbons (Fsp3) is 0. The van der Waals surface area contributed by atoms with Crippen LogP contribution in [0.4, 0.5) is 0 Å². The van der Waals surface area contributed by atoms with Gasteiger partial charge in [0.25, 0.3) is 0 Å². The van der Waals surface area contributed by atoms with E-state index in [1.165, 1.54) is 10.6 Å². The highest BCUT2D eigenvalue weighted by Gasteiger charge is 2.19. The van der Waals surface area contributed by atoms with Crippen LogP contribution in [0.3, 0.4) is 0 Å². The second-order valence-electron chi connectivity index (χ2n) is 3.72. The van der Waals surface area contributed by atoms with Gasteiger partial charge in [-0.15, -0.1) is 10.2 Å². The molecule has 4 nitrogen and oxygen atoms in total. The van der Waals surface area contributed by atoms with Crippen LogP contribution in [0.25, 0.3) is 0 Å². The first-order chi connectivity index (χ1) is 8.95. The molecule has 2 aromatic carbocycles. The molecule has 0 aliphatic rings. The molecule has 0 radical (unpaired) electrons. The number of tetrazole rings is 1. The number of nitrogens with zero attached hydrogens (tertiary/aromatic N) is 3. The van der Waals surface area contributed by atoms with Gasteiger partial charge < -0.3 is 0 Å². The van der Waals surface area contributed by atoms with Crippen molar-refractivity contribution in [2.75, 3.05) is 0 Å². The maximum absolute atomic E-state index is 4.15. The van der Waals surface area contributed by atoms with Crippen molar-refractivity contribution in [2.45, 2.75) is 0 Å². The Morgan fingerprint density at radius 2 is 1.33 bits per heavy atom. The molecule has 0 saturated heterocycles. The Balaban J connectivity index is 2.11. The minimum Gasteiger partial charge on any atom is -0.177 e. The van der Waals surface area contributed by atoms with Crippen LogP contribution < -0.4 is 16.2 Å². The van der Waals surface area contributed by atoms with Gasteiger partial charge in [-0.2, -0.15) is 5.21 Å². The lowest BCUT2D eigenvalue weighted by molar-refractivity contribution is 0.881. The summed E-state index contributed by atoms with van der Waals surface area (Å²) in [4.78, 5) is 0. The van der Waals surface area contributed by atoms with E-state index < -0.39 is 7.92 Å². The minimum atomic E-state index is -0.725. The Hall–Kier alpha value is -2.06. The average molecular weight is 254 g/mol. The average Bonchev–Trinajstić information content (AvgIpc) is 2.95. The molecule has 1 aromatic heterocycles. The number of aromatic nitrogens is 4. The smallest absolute Gasteiger partial charge is 0.177 e. The van der Waals surface area contributed by atoms with Crippen molar-refractivity contribution in [3.8, 4) is 0 Å². The zero-order valence-electron chi connectivity index (χ0n) is 9.56. The molecule has 5 heteroatoms. The highest BCUT2D eigenvalue weighted by atomic mass is 31.1. The van der Waals surface area contributed by atoms with Crippen LogP contribution in [0.15, 0.2) is 60.7 Å². The molecule has 3 aromatic rings. The highest BCUT2D eigenvalue weighted by Crippen LogP contribution is 2.29. The van der Waals surface area contributed by atoms with Crippen LogP contribution in [-0.2, 0) is 0 Å². The van der Waals surface area contributed by atoms with Gasteiger partial charge >= 0.3 is 0 Å². The van der Waals surface area contributed by atoms with E-state index in [1.54, 1.807) is 0 Å². The largest absolute Gasteiger partial charge is 0.204 e. The van der Waals surface area contributed by atoms with Crippen molar-refractivity contribution < 1.29 is 0 Å². The van der Waals surface area contributed by atoms with Gasteiger partial charge in [0.1, 0.15) is 0 Å². The number of nitrogens with one attached hydrogen (secondary N) is 1. The van der Waals surface area contributed by atoms with E-state index in [0.29, 0.717) is 0 Å². The molecule has 18 heavy (non-hydrogen) atoms. The molecule has 0 spiro atoms. The third kappa shape index (κ3) is 2.15. The van der Waals surface area contributed by atoms with Crippen molar-refractivity contribution >= 4 is 24.1 Å². The van der Waals surface area contributed by atoms with Crippen molar-refractivity contribution in [1.29, 1.82) is 0 Å². The molecule has 0 fully saturated rings. The van der Waals surface area contributed by atoms with E-state index >= 15 is 0 Å². The lowest BCUT2D eigenvalue weighted by Crippen LogP contribution is -2.23. The molecule has 0 aliphatic heterocycles. The van der Waals surface area contributed by atoms with E-state index in [1.807, 2.05) is 36.4 Å². The van der Waals surface area contributed by atoms with Gasteiger partial charge in [-0.1, -0.05) is 60.7 Å².